The number of unbranched alkanes of at least 4 members (excludes halogenated alkanes) is 2. The summed E-state index contributed by atoms with van der Waals surface area (Å²) in [5, 5.41) is 8.75. The van der Waals surface area contributed by atoms with Gasteiger partial charge in [0.05, 0.1) is 6.54 Å². The first kappa shape index (κ1) is 20.0. The summed E-state index contributed by atoms with van der Waals surface area (Å²) < 4.78 is -0.258. The molecule has 0 unspecified atom stereocenters. The molecule has 0 spiro atoms. The summed E-state index contributed by atoms with van der Waals surface area (Å²) in [5.74, 6) is 0. The van der Waals surface area contributed by atoms with Crippen LogP contribution in [-0.2, 0) is 4.79 Å². The van der Waals surface area contributed by atoms with Gasteiger partial charge in [-0.25, -0.2) is 0 Å². The van der Waals surface area contributed by atoms with E-state index in [1.807, 2.05) is 6.92 Å². The Morgan fingerprint density at radius 2 is 1.88 bits per heavy atom. The molecule has 0 aromatic heterocycles. The number of carbonyl (C=O) groups excluding carboxylic acids is 1. The van der Waals surface area contributed by atoms with Crippen LogP contribution in [0.4, 0.5) is 0 Å². The van der Waals surface area contributed by atoms with Gasteiger partial charge in [-0.1, -0.05) is 6.42 Å². The van der Waals surface area contributed by atoms with Gasteiger partial charge in [0.1, 0.15) is 4.84 Å². The van der Waals surface area contributed by atoms with Gasteiger partial charge in [-0.05, 0) is 19.3 Å². The fourth-order valence-electron chi connectivity index (χ4n) is 1.04. The van der Waals surface area contributed by atoms with Gasteiger partial charge in [-0.2, -0.15) is 0 Å². The van der Waals surface area contributed by atoms with Crippen molar-refractivity contribution in [2.45, 2.75) is 56.4 Å². The van der Waals surface area contributed by atoms with Crippen LogP contribution in [0.15, 0.2) is 0 Å². The Hall–Kier alpha value is 0.689. The van der Waals surface area contributed by atoms with Crippen molar-refractivity contribution in [1.29, 1.82) is 0 Å². The molecule has 0 aromatic carbocycles. The summed E-state index contributed by atoms with van der Waals surface area (Å²) >= 11 is 13.2. The van der Waals surface area contributed by atoms with Gasteiger partial charge in [0.25, 0.3) is 0 Å². The smallest absolute Gasteiger partial charge is 0.107 e. The summed E-state index contributed by atoms with van der Waals surface area (Å²) in [6, 6.07) is 0. The molecule has 0 aliphatic rings. The predicted octanol–water partition coefficient (Wildman–Crippen LogP) is 1.43. The molecule has 3 nitrogen and oxygen atoms in total. The van der Waals surface area contributed by atoms with Crippen molar-refractivity contribution in [3.05, 3.63) is 0 Å². The normalized spacial score (nSPS) is 11.9. The van der Waals surface area contributed by atoms with Gasteiger partial charge < -0.3 is 5.73 Å². The summed E-state index contributed by atoms with van der Waals surface area (Å²) in [6.07, 6.45) is 5.08. The summed E-state index contributed by atoms with van der Waals surface area (Å²) in [4.78, 5) is 10.1. The van der Waals surface area contributed by atoms with E-state index < -0.39 is 6.10 Å². The van der Waals surface area contributed by atoms with Crippen molar-refractivity contribution in [1.82, 2.24) is 0 Å². The maximum atomic E-state index is 10.2. The van der Waals surface area contributed by atoms with E-state index in [4.69, 9.17) is 28.3 Å². The fourth-order valence-corrected chi connectivity index (χ4v) is 1.60. The minimum Gasteiger partial charge on any atom is -0.358 e. The number of carbonyl (C=O) groups is 1. The fraction of sp³-hybridized carbons (Fsp3) is 0.909. The monoisotopic (exact) mass is 351 g/mol. The molecular weight excluding hydrogens is 328 g/mol. The Labute approximate surface area is 122 Å². The van der Waals surface area contributed by atoms with Crippen LogP contribution in [0.1, 0.15) is 45.4 Å². The minimum absolute atomic E-state index is 0.171. The van der Waals surface area contributed by atoms with E-state index in [2.05, 4.69) is 21.7 Å². The molecule has 0 fully saturated rings. The average Bonchev–Trinajstić information content (AvgIpc) is 2.25. The molecule has 0 saturated heterocycles. The zero-order valence-corrected chi connectivity index (χ0v) is 13.6. The molecule has 0 amide bonds. The first-order valence-electron chi connectivity index (χ1n) is 5.92. The molecule has 0 saturated carbocycles. The molecule has 0 radical (unpaired) electrons. The second-order valence-electron chi connectivity index (χ2n) is 3.72. The molecule has 0 aromatic rings. The van der Waals surface area contributed by atoms with E-state index in [0.717, 1.165) is 25.8 Å². The maximum Gasteiger partial charge on any atom is 0.107 e. The van der Waals surface area contributed by atoms with Gasteiger partial charge >= 0.3 is 56.5 Å². The molecular formula is C11H23Cl2NO2Se. The SMILES string of the molecule is CCC[C@H](O)C(=O)[Se-].[NH3+]CCCCCC(Cl)Cl. The van der Waals surface area contributed by atoms with Gasteiger partial charge in [-0.15, -0.1) is 23.2 Å². The maximum absolute atomic E-state index is 10.2. The number of rotatable bonds is 8. The van der Waals surface area contributed by atoms with Crippen molar-refractivity contribution in [3.63, 3.8) is 0 Å². The van der Waals surface area contributed by atoms with E-state index in [1.165, 1.54) is 12.8 Å². The molecule has 1 atom stereocenters. The largest absolute Gasteiger partial charge is 0.358 e. The van der Waals surface area contributed by atoms with Crippen molar-refractivity contribution in [3.8, 4) is 0 Å². The molecule has 0 bridgehead atoms. The van der Waals surface area contributed by atoms with Crippen molar-refractivity contribution in [2.75, 3.05) is 6.54 Å². The molecule has 104 valence electrons. The van der Waals surface area contributed by atoms with Crippen LogP contribution in [0.25, 0.3) is 0 Å². The molecule has 0 aliphatic heterocycles. The number of hydrogen-bond donors (Lipinski definition) is 2. The van der Waals surface area contributed by atoms with Crippen LogP contribution in [-0.4, -0.2) is 43.3 Å². The number of aliphatic hydroxyl groups excluding tert-OH is 1. The molecule has 17 heavy (non-hydrogen) atoms. The van der Waals surface area contributed by atoms with E-state index in [9.17, 15) is 4.79 Å². The standard InChI is InChI=1S/C6H13Cl2N.C5H10O2Se/c7-6(8)4-2-1-3-5-9;1-2-3-4(6)5(7)8/h6H,1-5,9H2;4,6H,2-3H2,1H3,(H,7,8)/t;4-/m.0/s1. The van der Waals surface area contributed by atoms with Crippen molar-refractivity contribution in [2.24, 2.45) is 0 Å². The van der Waals surface area contributed by atoms with E-state index in [1.54, 1.807) is 0 Å². The zero-order chi connectivity index (χ0) is 13.7. The van der Waals surface area contributed by atoms with Crippen LogP contribution in [0.3, 0.4) is 0 Å². The van der Waals surface area contributed by atoms with Crippen molar-refractivity contribution < 1.29 is 15.6 Å². The Balaban J connectivity index is 0. The van der Waals surface area contributed by atoms with Gasteiger partial charge in [-0.3, -0.25) is 0 Å². The second-order valence-corrected chi connectivity index (χ2v) is 5.84. The quantitative estimate of drug-likeness (QED) is 0.395. The number of aliphatic hydroxyl groups is 1. The van der Waals surface area contributed by atoms with E-state index >= 15 is 0 Å². The molecule has 4 N–H and O–H groups in total. The summed E-state index contributed by atoms with van der Waals surface area (Å²) in [5.41, 5.74) is 3.74. The van der Waals surface area contributed by atoms with Crippen LogP contribution in [0, 0.1) is 0 Å². The predicted molar refractivity (Wildman–Crippen MR) is 73.4 cm³/mol. The second kappa shape index (κ2) is 14.7. The Morgan fingerprint density at radius 1 is 1.29 bits per heavy atom. The van der Waals surface area contributed by atoms with Crippen LogP contribution in [0.5, 0.6) is 0 Å². The Morgan fingerprint density at radius 3 is 2.18 bits per heavy atom. The Kier molecular flexibility index (Phi) is 17.4. The summed E-state index contributed by atoms with van der Waals surface area (Å²) in [7, 11) is 0. The third-order valence-corrected chi connectivity index (χ3v) is 3.01. The van der Waals surface area contributed by atoms with Gasteiger partial charge in [0.15, 0.2) is 0 Å². The molecule has 0 heterocycles. The van der Waals surface area contributed by atoms with Gasteiger partial charge in [0.2, 0.25) is 0 Å². The number of alkyl halides is 2. The topological polar surface area (TPSA) is 64.9 Å². The van der Waals surface area contributed by atoms with Crippen LogP contribution in [0.2, 0.25) is 0 Å². The zero-order valence-electron chi connectivity index (χ0n) is 10.3. The van der Waals surface area contributed by atoms with Crippen molar-refractivity contribution >= 4 is 43.9 Å². The van der Waals surface area contributed by atoms with Gasteiger partial charge in [0, 0.05) is 0 Å². The summed E-state index contributed by atoms with van der Waals surface area (Å²) in [6.45, 7) is 2.95. The number of halogens is 2. The molecule has 0 aliphatic carbocycles. The average molecular weight is 351 g/mol. The molecule has 0 rings (SSSR count). The first-order valence-corrected chi connectivity index (χ1v) is 7.64. The number of hydrogen-bond acceptors (Lipinski definition) is 2. The third kappa shape index (κ3) is 19.2. The Bertz CT molecular complexity index is 183. The van der Waals surface area contributed by atoms with E-state index in [0.29, 0.717) is 6.42 Å². The third-order valence-electron chi connectivity index (χ3n) is 2.01. The van der Waals surface area contributed by atoms with E-state index in [-0.39, 0.29) is 9.52 Å². The first-order chi connectivity index (χ1) is 7.95. The molecule has 6 heteroatoms. The number of quaternary nitrogens is 1. The van der Waals surface area contributed by atoms with Crippen LogP contribution < -0.4 is 5.73 Å². The van der Waals surface area contributed by atoms with Crippen LogP contribution >= 0.6 is 23.2 Å². The minimum atomic E-state index is -0.778.